The second-order valence-electron chi connectivity index (χ2n) is 5.48. The van der Waals surface area contributed by atoms with Crippen molar-refractivity contribution >= 4 is 5.91 Å². The number of halogens is 3. The zero-order valence-corrected chi connectivity index (χ0v) is 13.1. The predicted octanol–water partition coefficient (Wildman–Crippen LogP) is 3.75. The fourth-order valence-electron chi connectivity index (χ4n) is 2.79. The fraction of sp³-hybridized carbons (Fsp3) is 0.294. The summed E-state index contributed by atoms with van der Waals surface area (Å²) in [5.41, 5.74) is 0.835. The van der Waals surface area contributed by atoms with Gasteiger partial charge in [0.15, 0.2) is 0 Å². The van der Waals surface area contributed by atoms with Crippen LogP contribution in [-0.2, 0) is 12.7 Å². The SMILES string of the molecule is CCOc1ccc(-c2ccnc3c2C(=O)N(C)C3)cc1C(F)(F)F. The Balaban J connectivity index is 2.16. The van der Waals surface area contributed by atoms with Crippen LogP contribution in [0, 0.1) is 0 Å². The number of carbonyl (C=O) groups excluding carboxylic acids is 1. The fourth-order valence-corrected chi connectivity index (χ4v) is 2.79. The molecule has 0 N–H and O–H groups in total. The quantitative estimate of drug-likeness (QED) is 0.857. The number of hydrogen-bond donors (Lipinski definition) is 0. The van der Waals surface area contributed by atoms with Gasteiger partial charge in [0.25, 0.3) is 5.91 Å². The van der Waals surface area contributed by atoms with Crippen molar-refractivity contribution in [3.05, 3.63) is 47.3 Å². The summed E-state index contributed by atoms with van der Waals surface area (Å²) in [4.78, 5) is 17.9. The van der Waals surface area contributed by atoms with Gasteiger partial charge in [-0.1, -0.05) is 6.07 Å². The number of pyridine rings is 1. The molecular formula is C17H15F3N2O2. The lowest BCUT2D eigenvalue weighted by Gasteiger charge is -2.15. The standard InChI is InChI=1S/C17H15F3N2O2/c1-3-24-14-5-4-10(8-12(14)17(18,19)20)11-6-7-21-13-9-22(2)16(23)15(11)13/h4-8H,3,9H2,1-2H3. The molecule has 0 spiro atoms. The molecule has 0 saturated heterocycles. The van der Waals surface area contributed by atoms with Crippen LogP contribution in [0.4, 0.5) is 13.2 Å². The second kappa shape index (κ2) is 5.81. The van der Waals surface area contributed by atoms with E-state index in [0.717, 1.165) is 6.07 Å². The minimum Gasteiger partial charge on any atom is -0.493 e. The maximum Gasteiger partial charge on any atom is 0.419 e. The predicted molar refractivity (Wildman–Crippen MR) is 81.6 cm³/mol. The van der Waals surface area contributed by atoms with Gasteiger partial charge in [-0.05, 0) is 36.2 Å². The highest BCUT2D eigenvalue weighted by molar-refractivity contribution is 6.03. The summed E-state index contributed by atoms with van der Waals surface area (Å²) in [6.45, 7) is 2.11. The molecule has 0 radical (unpaired) electrons. The summed E-state index contributed by atoms with van der Waals surface area (Å²) in [5, 5.41) is 0. The van der Waals surface area contributed by atoms with Gasteiger partial charge < -0.3 is 9.64 Å². The highest BCUT2D eigenvalue weighted by Gasteiger charge is 2.35. The van der Waals surface area contributed by atoms with Crippen molar-refractivity contribution in [1.82, 2.24) is 9.88 Å². The van der Waals surface area contributed by atoms with Gasteiger partial charge in [0.1, 0.15) is 5.75 Å². The van der Waals surface area contributed by atoms with Crippen molar-refractivity contribution < 1.29 is 22.7 Å². The molecule has 1 amide bonds. The number of amides is 1. The third kappa shape index (κ3) is 2.70. The Morgan fingerprint density at radius 3 is 2.71 bits per heavy atom. The summed E-state index contributed by atoms with van der Waals surface area (Å²) >= 11 is 0. The number of nitrogens with zero attached hydrogens (tertiary/aromatic N) is 2. The van der Waals surface area contributed by atoms with Gasteiger partial charge in [-0.25, -0.2) is 0 Å². The molecule has 0 atom stereocenters. The summed E-state index contributed by atoms with van der Waals surface area (Å²) in [7, 11) is 1.63. The first-order valence-electron chi connectivity index (χ1n) is 7.40. The van der Waals surface area contributed by atoms with Crippen molar-refractivity contribution in [3.8, 4) is 16.9 Å². The topological polar surface area (TPSA) is 42.4 Å². The van der Waals surface area contributed by atoms with Gasteiger partial charge in [0, 0.05) is 13.2 Å². The highest BCUT2D eigenvalue weighted by Crippen LogP contribution is 2.40. The molecular weight excluding hydrogens is 321 g/mol. The zero-order valence-electron chi connectivity index (χ0n) is 13.1. The van der Waals surface area contributed by atoms with Crippen LogP contribution < -0.4 is 4.74 Å². The molecule has 126 valence electrons. The Labute approximate surface area is 136 Å². The van der Waals surface area contributed by atoms with E-state index >= 15 is 0 Å². The van der Waals surface area contributed by atoms with Crippen LogP contribution >= 0.6 is 0 Å². The van der Waals surface area contributed by atoms with Crippen LogP contribution in [0.2, 0.25) is 0 Å². The van der Waals surface area contributed by atoms with Gasteiger partial charge in [-0.2, -0.15) is 13.2 Å². The molecule has 0 fully saturated rings. The third-order valence-corrected chi connectivity index (χ3v) is 3.87. The largest absolute Gasteiger partial charge is 0.493 e. The average Bonchev–Trinajstić information content (AvgIpc) is 2.82. The number of aromatic nitrogens is 1. The third-order valence-electron chi connectivity index (χ3n) is 3.87. The van der Waals surface area contributed by atoms with E-state index in [2.05, 4.69) is 4.98 Å². The lowest BCUT2D eigenvalue weighted by Crippen LogP contribution is -2.18. The molecule has 0 unspecified atom stereocenters. The number of hydrogen-bond acceptors (Lipinski definition) is 3. The van der Waals surface area contributed by atoms with Gasteiger partial charge in [-0.15, -0.1) is 0 Å². The molecule has 1 aliphatic rings. The van der Waals surface area contributed by atoms with E-state index in [9.17, 15) is 18.0 Å². The summed E-state index contributed by atoms with van der Waals surface area (Å²) in [6.07, 6.45) is -3.04. The monoisotopic (exact) mass is 336 g/mol. The number of rotatable bonds is 3. The van der Waals surface area contributed by atoms with Gasteiger partial charge in [0.2, 0.25) is 0 Å². The highest BCUT2D eigenvalue weighted by atomic mass is 19.4. The summed E-state index contributed by atoms with van der Waals surface area (Å²) < 4.78 is 45.0. The van der Waals surface area contributed by atoms with E-state index in [1.54, 1.807) is 20.0 Å². The minimum atomic E-state index is -4.54. The van der Waals surface area contributed by atoms with E-state index in [1.165, 1.54) is 23.2 Å². The Hall–Kier alpha value is -2.57. The molecule has 0 bridgehead atoms. The van der Waals surface area contributed by atoms with E-state index in [0.29, 0.717) is 28.9 Å². The van der Waals surface area contributed by atoms with E-state index < -0.39 is 11.7 Å². The van der Waals surface area contributed by atoms with Gasteiger partial charge in [-0.3, -0.25) is 9.78 Å². The number of benzene rings is 1. The van der Waals surface area contributed by atoms with Gasteiger partial charge in [0.05, 0.1) is 30.0 Å². The number of alkyl halides is 3. The molecule has 4 nitrogen and oxygen atoms in total. The Morgan fingerprint density at radius 1 is 1.29 bits per heavy atom. The van der Waals surface area contributed by atoms with Crippen LogP contribution in [0.25, 0.3) is 11.1 Å². The lowest BCUT2D eigenvalue weighted by atomic mass is 9.97. The van der Waals surface area contributed by atoms with Crippen LogP contribution in [0.5, 0.6) is 5.75 Å². The smallest absolute Gasteiger partial charge is 0.419 e. The minimum absolute atomic E-state index is 0.135. The van der Waals surface area contributed by atoms with Crippen molar-refractivity contribution in [2.45, 2.75) is 19.6 Å². The lowest BCUT2D eigenvalue weighted by molar-refractivity contribution is -0.138. The first-order valence-corrected chi connectivity index (χ1v) is 7.40. The van der Waals surface area contributed by atoms with E-state index in [4.69, 9.17) is 4.74 Å². The van der Waals surface area contributed by atoms with Crippen LogP contribution in [0.3, 0.4) is 0 Å². The molecule has 3 rings (SSSR count). The summed E-state index contributed by atoms with van der Waals surface area (Å²) in [6, 6.07) is 5.40. The molecule has 24 heavy (non-hydrogen) atoms. The first-order chi connectivity index (χ1) is 11.3. The number of fused-ring (bicyclic) bond motifs is 1. The Kier molecular flexibility index (Phi) is 3.95. The molecule has 7 heteroatoms. The number of carbonyl (C=O) groups is 1. The van der Waals surface area contributed by atoms with Crippen molar-refractivity contribution in [2.24, 2.45) is 0 Å². The molecule has 0 saturated carbocycles. The molecule has 1 aromatic carbocycles. The van der Waals surface area contributed by atoms with Crippen LogP contribution in [0.15, 0.2) is 30.5 Å². The van der Waals surface area contributed by atoms with Crippen LogP contribution in [0.1, 0.15) is 28.5 Å². The van der Waals surface area contributed by atoms with Crippen molar-refractivity contribution in [1.29, 1.82) is 0 Å². The molecule has 2 heterocycles. The average molecular weight is 336 g/mol. The second-order valence-corrected chi connectivity index (χ2v) is 5.48. The maximum atomic E-state index is 13.3. The zero-order chi connectivity index (χ0) is 17.5. The normalized spacial score (nSPS) is 14.0. The van der Waals surface area contributed by atoms with Crippen molar-refractivity contribution in [3.63, 3.8) is 0 Å². The molecule has 1 aliphatic heterocycles. The Bertz CT molecular complexity index is 803. The van der Waals surface area contributed by atoms with E-state index in [1.807, 2.05) is 0 Å². The molecule has 2 aromatic rings. The van der Waals surface area contributed by atoms with E-state index in [-0.39, 0.29) is 18.3 Å². The van der Waals surface area contributed by atoms with Crippen molar-refractivity contribution in [2.75, 3.05) is 13.7 Å². The first kappa shape index (κ1) is 16.3. The molecule has 1 aromatic heterocycles. The number of ether oxygens (including phenoxy) is 1. The summed E-state index contributed by atoms with van der Waals surface area (Å²) in [5.74, 6) is -0.460. The maximum absolute atomic E-state index is 13.3. The van der Waals surface area contributed by atoms with Gasteiger partial charge >= 0.3 is 6.18 Å². The van der Waals surface area contributed by atoms with Crippen LogP contribution in [-0.4, -0.2) is 29.4 Å². The molecule has 0 aliphatic carbocycles. The Morgan fingerprint density at radius 2 is 2.04 bits per heavy atom.